The van der Waals surface area contributed by atoms with Crippen molar-refractivity contribution in [3.63, 3.8) is 0 Å². The fraction of sp³-hybridized carbons (Fsp3) is 0.444. The van der Waals surface area contributed by atoms with E-state index in [1.54, 1.807) is 11.9 Å². The zero-order chi connectivity index (χ0) is 12.1. The smallest absolute Gasteiger partial charge is 0.276 e. The Morgan fingerprint density at radius 1 is 1.69 bits per heavy atom. The van der Waals surface area contributed by atoms with Crippen LogP contribution in [0.25, 0.3) is 0 Å². The molecule has 0 aliphatic heterocycles. The predicted molar refractivity (Wildman–Crippen MR) is 61.1 cm³/mol. The molecule has 0 aliphatic carbocycles. The Morgan fingerprint density at radius 3 is 3.00 bits per heavy atom. The molecular formula is C9H15N5O2. The second-order valence-electron chi connectivity index (χ2n) is 3.26. The molecule has 16 heavy (non-hydrogen) atoms. The Hall–Kier alpha value is -2.05. The fourth-order valence-electron chi connectivity index (χ4n) is 1.02. The van der Waals surface area contributed by atoms with Gasteiger partial charge in [0, 0.05) is 13.6 Å². The Kier molecular flexibility index (Phi) is 3.87. The van der Waals surface area contributed by atoms with Crippen molar-refractivity contribution >= 4 is 17.4 Å². The number of aromatic amines is 1. The normalized spacial score (nSPS) is 9.88. The minimum atomic E-state index is -0.422. The second-order valence-corrected chi connectivity index (χ2v) is 3.26. The quantitative estimate of drug-likeness (QED) is 0.625. The SMILES string of the molecule is CCN(C)C(=O)CNc1nc[nH]c(=O)c1N. The van der Waals surface area contributed by atoms with Gasteiger partial charge in [0.05, 0.1) is 12.9 Å². The molecule has 0 unspecified atom stereocenters. The van der Waals surface area contributed by atoms with Crippen molar-refractivity contribution in [1.82, 2.24) is 14.9 Å². The van der Waals surface area contributed by atoms with Crippen LogP contribution in [0.1, 0.15) is 6.92 Å². The molecule has 88 valence electrons. The monoisotopic (exact) mass is 225 g/mol. The van der Waals surface area contributed by atoms with Crippen LogP contribution < -0.4 is 16.6 Å². The minimum Gasteiger partial charge on any atom is -0.391 e. The van der Waals surface area contributed by atoms with Gasteiger partial charge in [0.1, 0.15) is 5.69 Å². The highest BCUT2D eigenvalue weighted by Crippen LogP contribution is 2.06. The number of carbonyl (C=O) groups is 1. The highest BCUT2D eigenvalue weighted by molar-refractivity contribution is 5.81. The van der Waals surface area contributed by atoms with E-state index < -0.39 is 5.56 Å². The van der Waals surface area contributed by atoms with Crippen molar-refractivity contribution in [2.75, 3.05) is 31.2 Å². The third kappa shape index (κ3) is 2.72. The first-order chi connectivity index (χ1) is 7.56. The van der Waals surface area contributed by atoms with Gasteiger partial charge in [0.15, 0.2) is 5.82 Å². The number of rotatable bonds is 4. The van der Waals surface area contributed by atoms with Gasteiger partial charge in [-0.05, 0) is 6.92 Å². The van der Waals surface area contributed by atoms with E-state index in [2.05, 4.69) is 15.3 Å². The number of carbonyl (C=O) groups excluding carboxylic acids is 1. The van der Waals surface area contributed by atoms with Crippen LogP contribution in [0.3, 0.4) is 0 Å². The van der Waals surface area contributed by atoms with Crippen LogP contribution in [0.5, 0.6) is 0 Å². The number of nitrogens with zero attached hydrogens (tertiary/aromatic N) is 2. The van der Waals surface area contributed by atoms with Crippen LogP contribution in [0.15, 0.2) is 11.1 Å². The number of hydrogen-bond donors (Lipinski definition) is 3. The van der Waals surface area contributed by atoms with E-state index in [0.717, 1.165) is 0 Å². The molecule has 1 aromatic heterocycles. The van der Waals surface area contributed by atoms with E-state index in [1.807, 2.05) is 6.92 Å². The molecule has 0 saturated carbocycles. The largest absolute Gasteiger partial charge is 0.391 e. The summed E-state index contributed by atoms with van der Waals surface area (Å²) in [6.07, 6.45) is 1.23. The van der Waals surface area contributed by atoms with Crippen LogP contribution in [-0.2, 0) is 4.79 Å². The summed E-state index contributed by atoms with van der Waals surface area (Å²) in [6.45, 7) is 2.56. The van der Waals surface area contributed by atoms with Crippen molar-refractivity contribution in [3.05, 3.63) is 16.7 Å². The minimum absolute atomic E-state index is 0.0190. The third-order valence-corrected chi connectivity index (χ3v) is 2.20. The molecular weight excluding hydrogens is 210 g/mol. The molecule has 1 rings (SSSR count). The molecule has 0 aromatic carbocycles. The number of nitrogens with two attached hydrogens (primary N) is 1. The summed E-state index contributed by atoms with van der Waals surface area (Å²) in [6, 6.07) is 0. The fourth-order valence-corrected chi connectivity index (χ4v) is 1.02. The summed E-state index contributed by atoms with van der Waals surface area (Å²) in [7, 11) is 1.69. The number of H-pyrrole nitrogens is 1. The summed E-state index contributed by atoms with van der Waals surface area (Å²) in [5.41, 5.74) is 5.04. The maximum absolute atomic E-state index is 11.5. The van der Waals surface area contributed by atoms with E-state index in [1.165, 1.54) is 6.33 Å². The number of nitrogen functional groups attached to an aromatic ring is 1. The van der Waals surface area contributed by atoms with Gasteiger partial charge >= 0.3 is 0 Å². The Balaban J connectivity index is 2.65. The van der Waals surface area contributed by atoms with Gasteiger partial charge in [-0.1, -0.05) is 0 Å². The van der Waals surface area contributed by atoms with E-state index >= 15 is 0 Å². The summed E-state index contributed by atoms with van der Waals surface area (Å²) in [5.74, 6) is 0.130. The maximum Gasteiger partial charge on any atom is 0.276 e. The second kappa shape index (κ2) is 5.15. The summed E-state index contributed by atoms with van der Waals surface area (Å²) < 4.78 is 0. The van der Waals surface area contributed by atoms with E-state index in [0.29, 0.717) is 6.54 Å². The van der Waals surface area contributed by atoms with Gasteiger partial charge in [-0.15, -0.1) is 0 Å². The topological polar surface area (TPSA) is 104 Å². The summed E-state index contributed by atoms with van der Waals surface area (Å²) in [5, 5.41) is 2.72. The van der Waals surface area contributed by atoms with Crippen LogP contribution in [0.2, 0.25) is 0 Å². The predicted octanol–water partition coefficient (Wildman–Crippen LogP) is -0.758. The molecule has 0 radical (unpaired) electrons. The molecule has 1 aromatic rings. The number of anilines is 2. The van der Waals surface area contributed by atoms with Gasteiger partial charge in [-0.3, -0.25) is 9.59 Å². The maximum atomic E-state index is 11.5. The first-order valence-corrected chi connectivity index (χ1v) is 4.87. The first-order valence-electron chi connectivity index (χ1n) is 4.87. The average molecular weight is 225 g/mol. The molecule has 7 heteroatoms. The zero-order valence-corrected chi connectivity index (χ0v) is 9.28. The molecule has 0 saturated heterocycles. The van der Waals surface area contributed by atoms with Crippen LogP contribution >= 0.6 is 0 Å². The highest BCUT2D eigenvalue weighted by Gasteiger charge is 2.08. The Labute approximate surface area is 92.7 Å². The van der Waals surface area contributed by atoms with Crippen molar-refractivity contribution in [2.24, 2.45) is 0 Å². The van der Waals surface area contributed by atoms with Crippen LogP contribution in [0.4, 0.5) is 11.5 Å². The lowest BCUT2D eigenvalue weighted by molar-refractivity contribution is -0.127. The zero-order valence-electron chi connectivity index (χ0n) is 9.28. The molecule has 1 amide bonds. The third-order valence-electron chi connectivity index (χ3n) is 2.20. The van der Waals surface area contributed by atoms with Crippen molar-refractivity contribution in [3.8, 4) is 0 Å². The highest BCUT2D eigenvalue weighted by atomic mass is 16.2. The Morgan fingerprint density at radius 2 is 2.38 bits per heavy atom. The number of hydrogen-bond acceptors (Lipinski definition) is 5. The number of amides is 1. The van der Waals surface area contributed by atoms with Gasteiger partial charge in [-0.2, -0.15) is 0 Å². The lowest BCUT2D eigenvalue weighted by Crippen LogP contribution is -2.32. The molecule has 0 atom stereocenters. The van der Waals surface area contributed by atoms with Gasteiger partial charge < -0.3 is 20.9 Å². The average Bonchev–Trinajstić information content (AvgIpc) is 2.29. The molecule has 0 aliphatic rings. The molecule has 4 N–H and O–H groups in total. The van der Waals surface area contributed by atoms with E-state index in [-0.39, 0.29) is 24.0 Å². The lowest BCUT2D eigenvalue weighted by Gasteiger charge is -2.15. The van der Waals surface area contributed by atoms with Gasteiger partial charge in [0.25, 0.3) is 5.56 Å². The van der Waals surface area contributed by atoms with Crippen molar-refractivity contribution in [1.29, 1.82) is 0 Å². The number of aromatic nitrogens is 2. The standard InChI is InChI=1S/C9H15N5O2/c1-3-14(2)6(15)4-11-8-7(10)9(16)13-5-12-8/h5H,3-4,10H2,1-2H3,(H2,11,12,13,16). The van der Waals surface area contributed by atoms with Crippen molar-refractivity contribution in [2.45, 2.75) is 6.92 Å². The molecule has 0 bridgehead atoms. The lowest BCUT2D eigenvalue weighted by atomic mass is 10.4. The van der Waals surface area contributed by atoms with Crippen LogP contribution in [-0.4, -0.2) is 40.9 Å². The van der Waals surface area contributed by atoms with E-state index in [9.17, 15) is 9.59 Å². The Bertz CT molecular complexity index is 428. The molecule has 1 heterocycles. The van der Waals surface area contributed by atoms with Crippen LogP contribution in [0, 0.1) is 0 Å². The van der Waals surface area contributed by atoms with Gasteiger partial charge in [0.2, 0.25) is 5.91 Å². The molecule has 0 spiro atoms. The van der Waals surface area contributed by atoms with Crippen molar-refractivity contribution < 1.29 is 4.79 Å². The summed E-state index contributed by atoms with van der Waals surface area (Å²) in [4.78, 5) is 30.3. The number of nitrogens with one attached hydrogen (secondary N) is 2. The number of likely N-dealkylation sites (N-methyl/N-ethyl adjacent to an activating group) is 1. The molecule has 7 nitrogen and oxygen atoms in total. The van der Waals surface area contributed by atoms with Gasteiger partial charge in [-0.25, -0.2) is 4.98 Å². The van der Waals surface area contributed by atoms with E-state index in [4.69, 9.17) is 5.73 Å². The first kappa shape index (κ1) is 12.0. The molecule has 0 fully saturated rings. The summed E-state index contributed by atoms with van der Waals surface area (Å²) >= 11 is 0.